The third-order valence-electron chi connectivity index (χ3n) is 4.26. The first-order valence-electron chi connectivity index (χ1n) is 9.37. The molecule has 3 aromatic rings. The molecule has 1 aromatic heterocycles. The molecule has 0 saturated carbocycles. The van der Waals surface area contributed by atoms with Gasteiger partial charge in [0.2, 0.25) is 5.91 Å². The van der Waals surface area contributed by atoms with E-state index in [1.54, 1.807) is 6.20 Å². The second-order valence-electron chi connectivity index (χ2n) is 7.05. The van der Waals surface area contributed by atoms with Crippen LogP contribution in [0.2, 0.25) is 0 Å². The molecule has 27 heavy (non-hydrogen) atoms. The fourth-order valence-corrected chi connectivity index (χ4v) is 2.91. The van der Waals surface area contributed by atoms with Gasteiger partial charge in [-0.05, 0) is 24.3 Å². The predicted octanol–water partition coefficient (Wildman–Crippen LogP) is 4.91. The summed E-state index contributed by atoms with van der Waals surface area (Å²) in [6.07, 6.45) is 3.63. The standard InChI is InChI=1S/C23H25N3O/c1-17(2)15-20-23(24-16-21(25-20)19-11-7-4-8-12-19)26-22(27)14-13-18-9-5-3-6-10-18/h3-12,16-17H,13-15H2,1-2H3,(H,24,26,27). The van der Waals surface area contributed by atoms with E-state index < -0.39 is 0 Å². The van der Waals surface area contributed by atoms with Gasteiger partial charge in [0.05, 0.1) is 17.6 Å². The lowest BCUT2D eigenvalue weighted by Gasteiger charge is -2.13. The highest BCUT2D eigenvalue weighted by atomic mass is 16.1. The average Bonchev–Trinajstić information content (AvgIpc) is 2.69. The number of aryl methyl sites for hydroxylation is 1. The summed E-state index contributed by atoms with van der Waals surface area (Å²) in [5.74, 6) is 0.956. The lowest BCUT2D eigenvalue weighted by molar-refractivity contribution is -0.116. The Bertz CT molecular complexity index is 877. The summed E-state index contributed by atoms with van der Waals surface area (Å²) >= 11 is 0. The van der Waals surface area contributed by atoms with Crippen LogP contribution in [0.15, 0.2) is 66.9 Å². The van der Waals surface area contributed by atoms with Crippen molar-refractivity contribution in [2.24, 2.45) is 5.92 Å². The number of amides is 1. The van der Waals surface area contributed by atoms with Crippen LogP contribution < -0.4 is 5.32 Å². The fourth-order valence-electron chi connectivity index (χ4n) is 2.91. The van der Waals surface area contributed by atoms with E-state index in [0.717, 1.165) is 28.9 Å². The van der Waals surface area contributed by atoms with Crippen molar-refractivity contribution in [1.82, 2.24) is 9.97 Å². The Morgan fingerprint density at radius 1 is 1.00 bits per heavy atom. The van der Waals surface area contributed by atoms with E-state index in [4.69, 9.17) is 4.98 Å². The maximum atomic E-state index is 12.4. The van der Waals surface area contributed by atoms with E-state index in [1.165, 1.54) is 0 Å². The number of nitrogens with zero attached hydrogens (tertiary/aromatic N) is 2. The molecule has 0 aliphatic rings. The van der Waals surface area contributed by atoms with Crippen molar-refractivity contribution in [3.63, 3.8) is 0 Å². The Hall–Kier alpha value is -3.01. The molecule has 0 radical (unpaired) electrons. The molecule has 0 bridgehead atoms. The average molecular weight is 359 g/mol. The van der Waals surface area contributed by atoms with Crippen molar-refractivity contribution >= 4 is 11.7 Å². The van der Waals surface area contributed by atoms with Crippen LogP contribution in [0, 0.1) is 5.92 Å². The largest absolute Gasteiger partial charge is 0.309 e. The highest BCUT2D eigenvalue weighted by molar-refractivity contribution is 5.90. The highest BCUT2D eigenvalue weighted by Crippen LogP contribution is 2.21. The molecule has 2 aromatic carbocycles. The van der Waals surface area contributed by atoms with Gasteiger partial charge in [-0.2, -0.15) is 0 Å². The number of hydrogen-bond acceptors (Lipinski definition) is 3. The fraction of sp³-hybridized carbons (Fsp3) is 0.261. The van der Waals surface area contributed by atoms with Crippen molar-refractivity contribution in [2.75, 3.05) is 5.32 Å². The van der Waals surface area contributed by atoms with Gasteiger partial charge in [0.15, 0.2) is 5.82 Å². The molecule has 4 nitrogen and oxygen atoms in total. The van der Waals surface area contributed by atoms with Crippen molar-refractivity contribution in [3.05, 3.63) is 78.1 Å². The summed E-state index contributed by atoms with van der Waals surface area (Å²) in [4.78, 5) is 21.7. The first-order chi connectivity index (χ1) is 13.1. The maximum Gasteiger partial charge on any atom is 0.225 e. The van der Waals surface area contributed by atoms with Crippen LogP contribution in [0.4, 0.5) is 5.82 Å². The first kappa shape index (κ1) is 18.8. The normalized spacial score (nSPS) is 10.8. The number of carbonyl (C=O) groups is 1. The monoisotopic (exact) mass is 359 g/mol. The Balaban J connectivity index is 1.74. The molecule has 0 unspecified atom stereocenters. The number of rotatable bonds is 7. The van der Waals surface area contributed by atoms with Crippen LogP contribution in [0.1, 0.15) is 31.5 Å². The Labute approximate surface area is 160 Å². The molecular formula is C23H25N3O. The zero-order valence-electron chi connectivity index (χ0n) is 15.9. The molecule has 0 spiro atoms. The summed E-state index contributed by atoms with van der Waals surface area (Å²) < 4.78 is 0. The quantitative estimate of drug-likeness (QED) is 0.652. The molecule has 0 aliphatic heterocycles. The van der Waals surface area contributed by atoms with Crippen LogP contribution in [-0.2, 0) is 17.6 Å². The number of nitrogens with one attached hydrogen (secondary N) is 1. The number of aromatic nitrogens is 2. The smallest absolute Gasteiger partial charge is 0.225 e. The van der Waals surface area contributed by atoms with Gasteiger partial charge in [0.25, 0.3) is 0 Å². The van der Waals surface area contributed by atoms with Crippen LogP contribution in [0.3, 0.4) is 0 Å². The van der Waals surface area contributed by atoms with E-state index in [9.17, 15) is 4.79 Å². The van der Waals surface area contributed by atoms with Crippen molar-refractivity contribution < 1.29 is 4.79 Å². The molecule has 0 atom stereocenters. The molecule has 4 heteroatoms. The van der Waals surface area contributed by atoms with Gasteiger partial charge >= 0.3 is 0 Å². The molecule has 0 saturated heterocycles. The summed E-state index contributed by atoms with van der Waals surface area (Å²) in [6.45, 7) is 4.27. The number of hydrogen-bond donors (Lipinski definition) is 1. The minimum Gasteiger partial charge on any atom is -0.309 e. The summed E-state index contributed by atoms with van der Waals surface area (Å²) in [6, 6.07) is 20.0. The predicted molar refractivity (Wildman–Crippen MR) is 109 cm³/mol. The maximum absolute atomic E-state index is 12.4. The molecule has 1 N–H and O–H groups in total. The minimum absolute atomic E-state index is 0.0365. The summed E-state index contributed by atoms with van der Waals surface area (Å²) in [5.41, 5.74) is 3.84. The van der Waals surface area contributed by atoms with Crippen LogP contribution in [-0.4, -0.2) is 15.9 Å². The zero-order chi connectivity index (χ0) is 19.1. The molecule has 3 rings (SSSR count). The second-order valence-corrected chi connectivity index (χ2v) is 7.05. The number of carbonyl (C=O) groups excluding carboxylic acids is 1. The van der Waals surface area contributed by atoms with Gasteiger partial charge in [-0.25, -0.2) is 9.97 Å². The molecule has 138 valence electrons. The Kier molecular flexibility index (Phi) is 6.31. The van der Waals surface area contributed by atoms with Crippen molar-refractivity contribution in [1.29, 1.82) is 0 Å². The molecule has 1 heterocycles. The van der Waals surface area contributed by atoms with Gasteiger partial charge in [0.1, 0.15) is 0 Å². The SMILES string of the molecule is CC(C)Cc1nc(-c2ccccc2)cnc1NC(=O)CCc1ccccc1. The van der Waals surface area contributed by atoms with E-state index in [0.29, 0.717) is 24.6 Å². The van der Waals surface area contributed by atoms with E-state index >= 15 is 0 Å². The third kappa shape index (κ3) is 5.48. The summed E-state index contributed by atoms with van der Waals surface area (Å²) in [7, 11) is 0. The molecular weight excluding hydrogens is 334 g/mol. The Morgan fingerprint density at radius 3 is 2.33 bits per heavy atom. The zero-order valence-corrected chi connectivity index (χ0v) is 15.9. The van der Waals surface area contributed by atoms with Gasteiger partial charge in [-0.1, -0.05) is 74.5 Å². The molecule has 0 fully saturated rings. The van der Waals surface area contributed by atoms with Crippen LogP contribution in [0.25, 0.3) is 11.3 Å². The van der Waals surface area contributed by atoms with Gasteiger partial charge in [-0.3, -0.25) is 4.79 Å². The van der Waals surface area contributed by atoms with Crippen molar-refractivity contribution in [2.45, 2.75) is 33.1 Å². The lowest BCUT2D eigenvalue weighted by atomic mass is 10.1. The van der Waals surface area contributed by atoms with Gasteiger partial charge in [0, 0.05) is 12.0 Å². The van der Waals surface area contributed by atoms with Gasteiger partial charge < -0.3 is 5.32 Å². The minimum atomic E-state index is -0.0365. The topological polar surface area (TPSA) is 54.9 Å². The van der Waals surface area contributed by atoms with Crippen molar-refractivity contribution in [3.8, 4) is 11.3 Å². The van der Waals surface area contributed by atoms with Crippen LogP contribution >= 0.6 is 0 Å². The first-order valence-corrected chi connectivity index (χ1v) is 9.37. The second kappa shape index (κ2) is 9.08. The van der Waals surface area contributed by atoms with Crippen LogP contribution in [0.5, 0.6) is 0 Å². The summed E-state index contributed by atoms with van der Waals surface area (Å²) in [5, 5.41) is 2.95. The molecule has 0 aliphatic carbocycles. The Morgan fingerprint density at radius 2 is 1.67 bits per heavy atom. The third-order valence-corrected chi connectivity index (χ3v) is 4.26. The van der Waals surface area contributed by atoms with E-state index in [2.05, 4.69) is 24.1 Å². The number of benzene rings is 2. The van der Waals surface area contributed by atoms with E-state index in [-0.39, 0.29) is 5.91 Å². The highest BCUT2D eigenvalue weighted by Gasteiger charge is 2.13. The van der Waals surface area contributed by atoms with E-state index in [1.807, 2.05) is 60.7 Å². The number of anilines is 1. The molecule has 1 amide bonds. The van der Waals surface area contributed by atoms with Gasteiger partial charge in [-0.15, -0.1) is 0 Å². The lowest BCUT2D eigenvalue weighted by Crippen LogP contribution is -2.16.